The summed E-state index contributed by atoms with van der Waals surface area (Å²) in [6.07, 6.45) is 5.98. The minimum atomic E-state index is -0.533. The number of unbranched alkanes of at least 4 members (excludes halogenated alkanes) is 2. The van der Waals surface area contributed by atoms with Gasteiger partial charge < -0.3 is 15.5 Å². The maximum Gasteiger partial charge on any atom is 0.255 e. The number of amides is 2. The van der Waals surface area contributed by atoms with Crippen LogP contribution in [0.15, 0.2) is 42.5 Å². The van der Waals surface area contributed by atoms with Crippen LogP contribution in [-0.4, -0.2) is 35.5 Å². The van der Waals surface area contributed by atoms with Gasteiger partial charge in [0.25, 0.3) is 11.8 Å². The summed E-state index contributed by atoms with van der Waals surface area (Å²) in [5.74, 6) is -0.0469. The molecule has 2 heterocycles. The summed E-state index contributed by atoms with van der Waals surface area (Å²) in [5.41, 5.74) is 2.83. The molecule has 0 atom stereocenters. The van der Waals surface area contributed by atoms with Crippen LogP contribution in [0.2, 0.25) is 5.02 Å². The molecule has 2 aliphatic heterocycles. The summed E-state index contributed by atoms with van der Waals surface area (Å²) in [6, 6.07) is 13.2. The summed E-state index contributed by atoms with van der Waals surface area (Å²) in [7, 11) is 0. The average Bonchev–Trinajstić information content (AvgIpc) is 2.74. The molecule has 2 N–H and O–H groups in total. The van der Waals surface area contributed by atoms with Gasteiger partial charge in [0.15, 0.2) is 0 Å². The minimum absolute atomic E-state index is 0.0514. The van der Waals surface area contributed by atoms with Gasteiger partial charge in [-0.05, 0) is 48.7 Å². The maximum atomic E-state index is 13.0. The topological polar surface area (TPSA) is 61.4 Å². The quantitative estimate of drug-likeness (QED) is 0.672. The molecular weight excluding hydrogens is 398 g/mol. The van der Waals surface area contributed by atoms with E-state index in [0.717, 1.165) is 17.7 Å². The number of hydrogen-bond donors (Lipinski definition) is 2. The number of halogens is 1. The summed E-state index contributed by atoms with van der Waals surface area (Å²) in [4.78, 5) is 27.4. The van der Waals surface area contributed by atoms with Gasteiger partial charge in [0.2, 0.25) is 0 Å². The Labute approximate surface area is 182 Å². The van der Waals surface area contributed by atoms with E-state index in [0.29, 0.717) is 36.5 Å². The zero-order chi connectivity index (χ0) is 21.1. The molecule has 158 valence electrons. The van der Waals surface area contributed by atoms with Gasteiger partial charge in [0.05, 0.1) is 11.3 Å². The molecule has 5 nitrogen and oxygen atoms in total. The number of likely N-dealkylation sites (tertiary alicyclic amines) is 1. The van der Waals surface area contributed by atoms with Gasteiger partial charge >= 0.3 is 0 Å². The maximum absolute atomic E-state index is 13.0. The van der Waals surface area contributed by atoms with Crippen molar-refractivity contribution in [3.05, 3.63) is 64.2 Å². The average molecular weight is 426 g/mol. The molecule has 0 bridgehead atoms. The Morgan fingerprint density at radius 3 is 2.50 bits per heavy atom. The van der Waals surface area contributed by atoms with E-state index in [4.69, 9.17) is 11.6 Å². The molecule has 2 amide bonds. The summed E-state index contributed by atoms with van der Waals surface area (Å²) >= 11 is 6.11. The van der Waals surface area contributed by atoms with Crippen LogP contribution >= 0.6 is 11.6 Å². The molecule has 2 aromatic rings. The van der Waals surface area contributed by atoms with Gasteiger partial charge in [-0.3, -0.25) is 9.59 Å². The van der Waals surface area contributed by atoms with Gasteiger partial charge in [-0.15, -0.1) is 0 Å². The number of anilines is 1. The highest BCUT2D eigenvalue weighted by Gasteiger charge is 2.41. The third-order valence-corrected chi connectivity index (χ3v) is 6.36. The fourth-order valence-corrected chi connectivity index (χ4v) is 4.48. The summed E-state index contributed by atoms with van der Waals surface area (Å²) in [5, 5.41) is 7.16. The van der Waals surface area contributed by atoms with Crippen molar-refractivity contribution in [2.24, 2.45) is 0 Å². The highest BCUT2D eigenvalue weighted by Crippen LogP contribution is 2.33. The number of hydrogen-bond acceptors (Lipinski definition) is 3. The van der Waals surface area contributed by atoms with E-state index in [1.165, 1.54) is 24.8 Å². The second-order valence-electron chi connectivity index (χ2n) is 8.30. The Morgan fingerprint density at radius 2 is 1.80 bits per heavy atom. The van der Waals surface area contributed by atoms with Gasteiger partial charge in [-0.2, -0.15) is 0 Å². The number of rotatable bonds is 5. The van der Waals surface area contributed by atoms with E-state index in [-0.39, 0.29) is 11.8 Å². The zero-order valence-corrected chi connectivity index (χ0v) is 18.1. The molecule has 0 saturated carbocycles. The van der Waals surface area contributed by atoms with Crippen molar-refractivity contribution >= 4 is 29.1 Å². The molecule has 2 aromatic carbocycles. The Morgan fingerprint density at radius 1 is 1.07 bits per heavy atom. The number of benzene rings is 2. The lowest BCUT2D eigenvalue weighted by atomic mass is 9.92. The van der Waals surface area contributed by atoms with Crippen molar-refractivity contribution in [1.29, 1.82) is 0 Å². The molecule has 4 rings (SSSR count). The Hall–Kier alpha value is -2.53. The van der Waals surface area contributed by atoms with Gasteiger partial charge in [-0.25, -0.2) is 0 Å². The van der Waals surface area contributed by atoms with E-state index < -0.39 is 5.66 Å². The van der Waals surface area contributed by atoms with Crippen LogP contribution in [0.25, 0.3) is 0 Å². The van der Waals surface area contributed by atoms with E-state index in [2.05, 4.69) is 29.7 Å². The second kappa shape index (κ2) is 8.68. The first-order chi connectivity index (χ1) is 14.5. The van der Waals surface area contributed by atoms with E-state index >= 15 is 0 Å². The monoisotopic (exact) mass is 425 g/mol. The number of carbonyl (C=O) groups excluding carboxylic acids is 2. The van der Waals surface area contributed by atoms with Crippen molar-refractivity contribution < 1.29 is 9.59 Å². The lowest BCUT2D eigenvalue weighted by Crippen LogP contribution is -2.62. The molecule has 0 aliphatic carbocycles. The highest BCUT2D eigenvalue weighted by molar-refractivity contribution is 6.31. The molecular formula is C24H28ClN3O2. The second-order valence-corrected chi connectivity index (χ2v) is 8.73. The predicted molar refractivity (Wildman–Crippen MR) is 120 cm³/mol. The van der Waals surface area contributed by atoms with Crippen LogP contribution in [0.3, 0.4) is 0 Å². The van der Waals surface area contributed by atoms with Crippen molar-refractivity contribution in [3.8, 4) is 0 Å². The fraction of sp³-hybridized carbons (Fsp3) is 0.417. The first-order valence-corrected chi connectivity index (χ1v) is 11.2. The van der Waals surface area contributed by atoms with Crippen molar-refractivity contribution in [3.63, 3.8) is 0 Å². The Bertz CT molecular complexity index is 934. The lowest BCUT2D eigenvalue weighted by Gasteiger charge is -2.46. The fourth-order valence-electron chi connectivity index (χ4n) is 4.31. The Balaban J connectivity index is 1.38. The molecule has 0 aromatic heterocycles. The third kappa shape index (κ3) is 4.31. The number of nitrogens with one attached hydrogen (secondary N) is 2. The van der Waals surface area contributed by atoms with Crippen LogP contribution in [0.5, 0.6) is 0 Å². The largest absolute Gasteiger partial charge is 0.362 e. The third-order valence-electron chi connectivity index (χ3n) is 6.13. The first kappa shape index (κ1) is 20.7. The first-order valence-electron chi connectivity index (χ1n) is 10.8. The molecule has 0 unspecified atom stereocenters. The number of fused-ring (bicyclic) bond motifs is 1. The molecule has 6 heteroatoms. The molecule has 1 fully saturated rings. The normalized spacial score (nSPS) is 17.3. The van der Waals surface area contributed by atoms with Crippen molar-refractivity contribution in [2.75, 3.05) is 18.4 Å². The van der Waals surface area contributed by atoms with Gasteiger partial charge in [0.1, 0.15) is 5.66 Å². The number of piperidine rings is 1. The number of aryl methyl sites for hydroxylation is 1. The molecule has 1 saturated heterocycles. The van der Waals surface area contributed by atoms with Crippen LogP contribution in [0, 0.1) is 0 Å². The SMILES string of the molecule is CCCCCc1ccc(C(=O)N2CCC3(CC2)NC(=O)c2ccc(Cl)cc2N3)cc1. The van der Waals surface area contributed by atoms with Crippen LogP contribution in [0.1, 0.15) is 65.3 Å². The minimum Gasteiger partial charge on any atom is -0.362 e. The van der Waals surface area contributed by atoms with Crippen molar-refractivity contribution in [1.82, 2.24) is 10.2 Å². The van der Waals surface area contributed by atoms with Crippen LogP contribution in [-0.2, 0) is 6.42 Å². The molecule has 30 heavy (non-hydrogen) atoms. The highest BCUT2D eigenvalue weighted by atomic mass is 35.5. The van der Waals surface area contributed by atoms with Gasteiger partial charge in [-0.1, -0.05) is 43.5 Å². The van der Waals surface area contributed by atoms with Crippen LogP contribution in [0.4, 0.5) is 5.69 Å². The van der Waals surface area contributed by atoms with Crippen LogP contribution < -0.4 is 10.6 Å². The number of carbonyl (C=O) groups is 2. The standard InChI is InChI=1S/C24H28ClN3O2/c1-2-3-4-5-17-6-8-18(9-7-17)23(30)28-14-12-24(13-15-28)26-21-16-19(25)10-11-20(21)22(29)27-24/h6-11,16,26H,2-5,12-15H2,1H3,(H,27,29). The van der Waals surface area contributed by atoms with E-state index in [9.17, 15) is 9.59 Å². The van der Waals surface area contributed by atoms with Crippen molar-refractivity contribution in [2.45, 2.75) is 51.1 Å². The lowest BCUT2D eigenvalue weighted by molar-refractivity contribution is 0.0639. The zero-order valence-electron chi connectivity index (χ0n) is 17.3. The summed E-state index contributed by atoms with van der Waals surface area (Å²) in [6.45, 7) is 3.37. The van der Waals surface area contributed by atoms with Gasteiger partial charge in [0, 0.05) is 36.5 Å². The van der Waals surface area contributed by atoms with E-state index in [1.807, 2.05) is 17.0 Å². The number of nitrogens with zero attached hydrogens (tertiary/aromatic N) is 1. The Kier molecular flexibility index (Phi) is 6.00. The summed E-state index contributed by atoms with van der Waals surface area (Å²) < 4.78 is 0. The molecule has 1 spiro atoms. The van der Waals surface area contributed by atoms with E-state index in [1.54, 1.807) is 18.2 Å². The predicted octanol–water partition coefficient (Wildman–Crippen LogP) is 4.86. The molecule has 0 radical (unpaired) electrons. The molecule has 2 aliphatic rings. The smallest absolute Gasteiger partial charge is 0.255 e.